The van der Waals surface area contributed by atoms with Gasteiger partial charge >= 0.3 is 6.09 Å². The highest BCUT2D eigenvalue weighted by Gasteiger charge is 2.24. The summed E-state index contributed by atoms with van der Waals surface area (Å²) >= 11 is 0. The Kier molecular flexibility index (Phi) is 7.24. The summed E-state index contributed by atoms with van der Waals surface area (Å²) in [6.45, 7) is 12.9. The van der Waals surface area contributed by atoms with Crippen LogP contribution in [0.4, 0.5) is 4.79 Å². The van der Waals surface area contributed by atoms with Gasteiger partial charge in [-0.1, -0.05) is 26.7 Å². The summed E-state index contributed by atoms with van der Waals surface area (Å²) < 4.78 is 5.44. The van der Waals surface area contributed by atoms with Gasteiger partial charge in [0, 0.05) is 12.6 Å². The third-order valence-corrected chi connectivity index (χ3v) is 2.75. The van der Waals surface area contributed by atoms with Crippen LogP contribution in [0.2, 0.25) is 0 Å². The molecule has 0 bridgehead atoms. The van der Waals surface area contributed by atoms with Crippen molar-refractivity contribution in [2.75, 3.05) is 6.54 Å². The third-order valence-electron chi connectivity index (χ3n) is 2.75. The fourth-order valence-corrected chi connectivity index (χ4v) is 1.56. The summed E-state index contributed by atoms with van der Waals surface area (Å²) in [6.07, 6.45) is 4.17. The number of nitrogens with zero attached hydrogens (tertiary/aromatic N) is 1. The van der Waals surface area contributed by atoms with Crippen LogP contribution >= 0.6 is 0 Å². The maximum absolute atomic E-state index is 12.1. The lowest BCUT2D eigenvalue weighted by molar-refractivity contribution is 0.0169. The van der Waals surface area contributed by atoms with Gasteiger partial charge < -0.3 is 9.64 Å². The number of rotatable bonds is 6. The Morgan fingerprint density at radius 1 is 1.24 bits per heavy atom. The molecule has 0 saturated carbocycles. The Morgan fingerprint density at radius 2 is 1.82 bits per heavy atom. The minimum absolute atomic E-state index is 0.178. The normalized spacial score (nSPS) is 13.3. The first-order chi connectivity index (χ1) is 7.81. The number of carbonyl (C=O) groups is 1. The van der Waals surface area contributed by atoms with Gasteiger partial charge in [-0.15, -0.1) is 0 Å². The largest absolute Gasteiger partial charge is 0.444 e. The molecule has 0 aliphatic heterocycles. The van der Waals surface area contributed by atoms with Crippen LogP contribution in [0.3, 0.4) is 0 Å². The molecule has 1 amide bonds. The number of hydrogen-bond donors (Lipinski definition) is 0. The first kappa shape index (κ1) is 16.3. The van der Waals surface area contributed by atoms with Gasteiger partial charge in [-0.25, -0.2) is 4.79 Å². The summed E-state index contributed by atoms with van der Waals surface area (Å²) in [4.78, 5) is 13.9. The van der Waals surface area contributed by atoms with Crippen molar-refractivity contribution < 1.29 is 9.53 Å². The summed E-state index contributed by atoms with van der Waals surface area (Å²) in [7, 11) is 0. The average molecular weight is 243 g/mol. The van der Waals surface area contributed by atoms with E-state index in [4.69, 9.17) is 4.74 Å². The second-order valence-electron chi connectivity index (χ2n) is 5.64. The van der Waals surface area contributed by atoms with E-state index in [2.05, 4.69) is 20.8 Å². The van der Waals surface area contributed by atoms with Gasteiger partial charge in [0.25, 0.3) is 0 Å². The number of amides is 1. The quantitative estimate of drug-likeness (QED) is 0.654. The van der Waals surface area contributed by atoms with Gasteiger partial charge in [-0.05, 0) is 40.5 Å². The van der Waals surface area contributed by atoms with Crippen LogP contribution in [-0.4, -0.2) is 29.2 Å². The Balaban J connectivity index is 4.40. The Bertz CT molecular complexity index is 221. The zero-order chi connectivity index (χ0) is 13.5. The molecule has 3 heteroatoms. The monoisotopic (exact) mass is 243 g/mol. The van der Waals surface area contributed by atoms with Crippen LogP contribution in [-0.2, 0) is 4.74 Å². The molecule has 0 fully saturated rings. The van der Waals surface area contributed by atoms with E-state index in [1.54, 1.807) is 0 Å². The molecule has 3 nitrogen and oxygen atoms in total. The van der Waals surface area contributed by atoms with Crippen molar-refractivity contribution >= 4 is 6.09 Å². The Morgan fingerprint density at radius 3 is 2.24 bits per heavy atom. The molecule has 0 saturated heterocycles. The van der Waals surface area contributed by atoms with E-state index in [1.807, 2.05) is 25.7 Å². The second-order valence-corrected chi connectivity index (χ2v) is 5.64. The third kappa shape index (κ3) is 7.24. The van der Waals surface area contributed by atoms with Gasteiger partial charge in [0.05, 0.1) is 0 Å². The first-order valence-corrected chi connectivity index (χ1v) is 6.81. The standard InChI is InChI=1S/C14H29NO2/c1-7-9-10-11-15(12(3)8-2)13(16)17-14(4,5)6/h12H,7-11H2,1-6H3. The highest BCUT2D eigenvalue weighted by Crippen LogP contribution is 2.14. The Labute approximate surface area is 107 Å². The maximum atomic E-state index is 12.1. The summed E-state index contributed by atoms with van der Waals surface area (Å²) in [5, 5.41) is 0. The van der Waals surface area contributed by atoms with Crippen molar-refractivity contribution in [1.82, 2.24) is 4.90 Å². The van der Waals surface area contributed by atoms with E-state index < -0.39 is 5.60 Å². The molecule has 0 N–H and O–H groups in total. The smallest absolute Gasteiger partial charge is 0.410 e. The van der Waals surface area contributed by atoms with Crippen LogP contribution < -0.4 is 0 Å². The molecular weight excluding hydrogens is 214 g/mol. The van der Waals surface area contributed by atoms with Crippen LogP contribution in [0.25, 0.3) is 0 Å². The minimum atomic E-state index is -0.409. The van der Waals surface area contributed by atoms with Crippen molar-refractivity contribution in [1.29, 1.82) is 0 Å². The van der Waals surface area contributed by atoms with E-state index in [0.717, 1.165) is 25.8 Å². The molecule has 0 aromatic carbocycles. The SMILES string of the molecule is CCCCCN(C(=O)OC(C)(C)C)C(C)CC. The van der Waals surface area contributed by atoms with Crippen molar-refractivity contribution in [3.63, 3.8) is 0 Å². The van der Waals surface area contributed by atoms with Crippen molar-refractivity contribution in [3.8, 4) is 0 Å². The van der Waals surface area contributed by atoms with Crippen LogP contribution in [0.15, 0.2) is 0 Å². The van der Waals surface area contributed by atoms with Gasteiger partial charge in [0.1, 0.15) is 5.60 Å². The predicted molar refractivity (Wildman–Crippen MR) is 72.2 cm³/mol. The molecule has 0 aliphatic carbocycles. The topological polar surface area (TPSA) is 29.5 Å². The van der Waals surface area contributed by atoms with E-state index in [-0.39, 0.29) is 12.1 Å². The van der Waals surface area contributed by atoms with Crippen molar-refractivity contribution in [2.45, 2.75) is 78.9 Å². The number of unbranched alkanes of at least 4 members (excludes halogenated alkanes) is 2. The minimum Gasteiger partial charge on any atom is -0.444 e. The summed E-state index contributed by atoms with van der Waals surface area (Å²) in [5.41, 5.74) is -0.409. The predicted octanol–water partition coefficient (Wildman–Crippen LogP) is 4.21. The second kappa shape index (κ2) is 7.57. The fourth-order valence-electron chi connectivity index (χ4n) is 1.56. The van der Waals surface area contributed by atoms with E-state index >= 15 is 0 Å². The van der Waals surface area contributed by atoms with Gasteiger partial charge in [-0.2, -0.15) is 0 Å². The van der Waals surface area contributed by atoms with Gasteiger partial charge in [0.15, 0.2) is 0 Å². The molecule has 0 heterocycles. The molecule has 0 aromatic heterocycles. The zero-order valence-corrected chi connectivity index (χ0v) is 12.4. The summed E-state index contributed by atoms with van der Waals surface area (Å²) in [5.74, 6) is 0. The molecule has 0 rings (SSSR count). The number of hydrogen-bond acceptors (Lipinski definition) is 2. The Hall–Kier alpha value is -0.730. The maximum Gasteiger partial charge on any atom is 0.410 e. The van der Waals surface area contributed by atoms with Crippen molar-refractivity contribution in [2.24, 2.45) is 0 Å². The van der Waals surface area contributed by atoms with Crippen LogP contribution in [0.5, 0.6) is 0 Å². The molecule has 1 atom stereocenters. The lowest BCUT2D eigenvalue weighted by Crippen LogP contribution is -2.42. The van der Waals surface area contributed by atoms with E-state index in [1.165, 1.54) is 6.42 Å². The molecule has 17 heavy (non-hydrogen) atoms. The average Bonchev–Trinajstić information content (AvgIpc) is 2.20. The summed E-state index contributed by atoms with van der Waals surface area (Å²) in [6, 6.07) is 0.252. The molecule has 102 valence electrons. The van der Waals surface area contributed by atoms with E-state index in [9.17, 15) is 4.79 Å². The number of carbonyl (C=O) groups excluding carboxylic acids is 1. The lowest BCUT2D eigenvalue weighted by atomic mass is 10.2. The van der Waals surface area contributed by atoms with Crippen LogP contribution in [0.1, 0.15) is 67.2 Å². The lowest BCUT2D eigenvalue weighted by Gasteiger charge is -2.31. The van der Waals surface area contributed by atoms with E-state index in [0.29, 0.717) is 0 Å². The molecule has 1 unspecified atom stereocenters. The van der Waals surface area contributed by atoms with Gasteiger partial charge in [0.2, 0.25) is 0 Å². The molecule has 0 spiro atoms. The zero-order valence-electron chi connectivity index (χ0n) is 12.4. The van der Waals surface area contributed by atoms with Gasteiger partial charge in [-0.3, -0.25) is 0 Å². The molecule has 0 aliphatic rings. The molecular formula is C14H29NO2. The fraction of sp³-hybridized carbons (Fsp3) is 0.929. The first-order valence-electron chi connectivity index (χ1n) is 6.81. The molecule has 0 radical (unpaired) electrons. The van der Waals surface area contributed by atoms with Crippen molar-refractivity contribution in [3.05, 3.63) is 0 Å². The highest BCUT2D eigenvalue weighted by molar-refractivity contribution is 5.68. The van der Waals surface area contributed by atoms with Crippen LogP contribution in [0, 0.1) is 0 Å². The highest BCUT2D eigenvalue weighted by atomic mass is 16.6. The number of ether oxygens (including phenoxy) is 1. The molecule has 0 aromatic rings.